The number of aromatic nitrogens is 3. The van der Waals surface area contributed by atoms with Gasteiger partial charge in [-0.25, -0.2) is 4.98 Å². The molecule has 2 aromatic heterocycles. The van der Waals surface area contributed by atoms with E-state index < -0.39 is 0 Å². The molecule has 0 fully saturated rings. The molecule has 0 saturated carbocycles. The molecule has 0 amide bonds. The van der Waals surface area contributed by atoms with E-state index in [1.54, 1.807) is 12.5 Å². The second kappa shape index (κ2) is 3.63. The van der Waals surface area contributed by atoms with Crippen molar-refractivity contribution in [2.75, 3.05) is 6.54 Å². The van der Waals surface area contributed by atoms with E-state index in [2.05, 4.69) is 15.2 Å². The van der Waals surface area contributed by atoms with Crippen LogP contribution < -0.4 is 5.73 Å². The molecule has 0 spiro atoms. The maximum atomic E-state index is 5.48. The lowest BCUT2D eigenvalue weighted by Crippen LogP contribution is -2.02. The molecule has 0 atom stereocenters. The van der Waals surface area contributed by atoms with Gasteiger partial charge in [-0.1, -0.05) is 0 Å². The van der Waals surface area contributed by atoms with E-state index in [1.807, 2.05) is 6.92 Å². The smallest absolute Gasteiger partial charge is 0.244 e. The standard InChI is InChI=1S/C9H12N4O/c1-6-5-14-9(12-6)8-7(2-3-10)4-11-13-8/h4-5H,2-3,10H2,1H3,(H,11,13). The Bertz CT molecular complexity index is 418. The van der Waals surface area contributed by atoms with Gasteiger partial charge in [-0.2, -0.15) is 5.10 Å². The first kappa shape index (κ1) is 8.96. The highest BCUT2D eigenvalue weighted by Crippen LogP contribution is 2.20. The van der Waals surface area contributed by atoms with Gasteiger partial charge in [0.2, 0.25) is 5.89 Å². The fraction of sp³-hybridized carbons (Fsp3) is 0.333. The molecule has 0 unspecified atom stereocenters. The fourth-order valence-electron chi connectivity index (χ4n) is 1.31. The molecule has 3 N–H and O–H groups in total. The minimum Gasteiger partial charge on any atom is -0.443 e. The van der Waals surface area contributed by atoms with Crippen molar-refractivity contribution in [1.82, 2.24) is 15.2 Å². The number of aromatic amines is 1. The molecular formula is C9H12N4O. The summed E-state index contributed by atoms with van der Waals surface area (Å²) in [5, 5.41) is 6.80. The summed E-state index contributed by atoms with van der Waals surface area (Å²) >= 11 is 0. The largest absolute Gasteiger partial charge is 0.443 e. The van der Waals surface area contributed by atoms with Crippen molar-refractivity contribution >= 4 is 0 Å². The van der Waals surface area contributed by atoms with E-state index in [0.717, 1.165) is 23.4 Å². The van der Waals surface area contributed by atoms with Crippen LogP contribution in [0.2, 0.25) is 0 Å². The van der Waals surface area contributed by atoms with Gasteiger partial charge >= 0.3 is 0 Å². The van der Waals surface area contributed by atoms with Crippen LogP contribution in [-0.4, -0.2) is 21.7 Å². The molecule has 5 heteroatoms. The predicted octanol–water partition coefficient (Wildman–Crippen LogP) is 0.874. The molecule has 0 radical (unpaired) electrons. The first-order valence-corrected chi connectivity index (χ1v) is 4.46. The summed E-state index contributed by atoms with van der Waals surface area (Å²) in [4.78, 5) is 4.22. The van der Waals surface area contributed by atoms with Gasteiger partial charge in [-0.3, -0.25) is 5.10 Å². The molecule has 0 saturated heterocycles. The molecule has 0 aliphatic heterocycles. The number of hydrogen-bond acceptors (Lipinski definition) is 4. The molecule has 14 heavy (non-hydrogen) atoms. The highest BCUT2D eigenvalue weighted by molar-refractivity contribution is 5.52. The zero-order valence-corrected chi connectivity index (χ0v) is 7.95. The molecular weight excluding hydrogens is 180 g/mol. The number of rotatable bonds is 3. The maximum Gasteiger partial charge on any atom is 0.244 e. The summed E-state index contributed by atoms with van der Waals surface area (Å²) in [6, 6.07) is 0. The van der Waals surface area contributed by atoms with E-state index in [1.165, 1.54) is 0 Å². The minimum atomic E-state index is 0.573. The van der Waals surface area contributed by atoms with Gasteiger partial charge in [-0.05, 0) is 19.9 Å². The summed E-state index contributed by atoms with van der Waals surface area (Å²) in [5.74, 6) is 0.573. The number of nitrogens with two attached hydrogens (primary N) is 1. The van der Waals surface area contributed by atoms with Crippen LogP contribution in [0, 0.1) is 6.92 Å². The van der Waals surface area contributed by atoms with Gasteiger partial charge in [0, 0.05) is 5.56 Å². The van der Waals surface area contributed by atoms with E-state index >= 15 is 0 Å². The quantitative estimate of drug-likeness (QED) is 0.756. The lowest BCUT2D eigenvalue weighted by Gasteiger charge is -1.95. The minimum absolute atomic E-state index is 0.573. The highest BCUT2D eigenvalue weighted by atomic mass is 16.3. The van der Waals surface area contributed by atoms with E-state index in [4.69, 9.17) is 10.2 Å². The average molecular weight is 192 g/mol. The Morgan fingerprint density at radius 3 is 3.07 bits per heavy atom. The molecule has 2 rings (SSSR count). The molecule has 74 valence electrons. The van der Waals surface area contributed by atoms with E-state index in [9.17, 15) is 0 Å². The van der Waals surface area contributed by atoms with Crippen LogP contribution >= 0.6 is 0 Å². The van der Waals surface area contributed by atoms with Gasteiger partial charge in [-0.15, -0.1) is 0 Å². The van der Waals surface area contributed by atoms with Crippen LogP contribution in [0.4, 0.5) is 0 Å². The topological polar surface area (TPSA) is 80.7 Å². The molecule has 5 nitrogen and oxygen atoms in total. The summed E-state index contributed by atoms with van der Waals surface area (Å²) < 4.78 is 5.27. The molecule has 0 aromatic carbocycles. The van der Waals surface area contributed by atoms with Crippen LogP contribution in [0.5, 0.6) is 0 Å². The summed E-state index contributed by atoms with van der Waals surface area (Å²) in [5.41, 5.74) is 8.19. The first-order valence-electron chi connectivity index (χ1n) is 4.46. The van der Waals surface area contributed by atoms with Crippen molar-refractivity contribution in [2.45, 2.75) is 13.3 Å². The predicted molar refractivity (Wildman–Crippen MR) is 51.6 cm³/mol. The second-order valence-electron chi connectivity index (χ2n) is 3.10. The molecule has 0 aliphatic carbocycles. The van der Waals surface area contributed by atoms with Crippen LogP contribution in [0.15, 0.2) is 16.9 Å². The van der Waals surface area contributed by atoms with Crippen molar-refractivity contribution in [3.8, 4) is 11.6 Å². The second-order valence-corrected chi connectivity index (χ2v) is 3.10. The number of oxazole rings is 1. The van der Waals surface area contributed by atoms with E-state index in [-0.39, 0.29) is 0 Å². The number of nitrogens with one attached hydrogen (secondary N) is 1. The lowest BCUT2D eigenvalue weighted by atomic mass is 10.2. The Labute approximate surface area is 81.3 Å². The number of hydrogen-bond donors (Lipinski definition) is 2. The summed E-state index contributed by atoms with van der Waals surface area (Å²) in [6.07, 6.45) is 4.14. The van der Waals surface area contributed by atoms with Crippen LogP contribution in [0.25, 0.3) is 11.6 Å². The van der Waals surface area contributed by atoms with Crippen LogP contribution in [0.3, 0.4) is 0 Å². The molecule has 0 aliphatic rings. The van der Waals surface area contributed by atoms with Gasteiger partial charge < -0.3 is 10.2 Å². The maximum absolute atomic E-state index is 5.48. The first-order chi connectivity index (χ1) is 6.81. The Morgan fingerprint density at radius 2 is 2.43 bits per heavy atom. The van der Waals surface area contributed by atoms with Crippen molar-refractivity contribution in [1.29, 1.82) is 0 Å². The fourth-order valence-corrected chi connectivity index (χ4v) is 1.31. The third-order valence-corrected chi connectivity index (χ3v) is 1.96. The van der Waals surface area contributed by atoms with Gasteiger partial charge in [0.15, 0.2) is 0 Å². The van der Waals surface area contributed by atoms with Crippen molar-refractivity contribution in [3.05, 3.63) is 23.7 Å². The number of aryl methyl sites for hydroxylation is 1. The zero-order valence-electron chi connectivity index (χ0n) is 7.95. The monoisotopic (exact) mass is 192 g/mol. The van der Waals surface area contributed by atoms with Gasteiger partial charge in [0.25, 0.3) is 0 Å². The Balaban J connectivity index is 2.36. The molecule has 2 heterocycles. The molecule has 0 bridgehead atoms. The van der Waals surface area contributed by atoms with Crippen LogP contribution in [-0.2, 0) is 6.42 Å². The van der Waals surface area contributed by atoms with Crippen LogP contribution in [0.1, 0.15) is 11.3 Å². The number of H-pyrrole nitrogens is 1. The lowest BCUT2D eigenvalue weighted by molar-refractivity contribution is 0.570. The SMILES string of the molecule is Cc1coc(-c2[nH]ncc2CCN)n1. The third kappa shape index (κ3) is 1.54. The van der Waals surface area contributed by atoms with Gasteiger partial charge in [0.05, 0.1) is 11.9 Å². The average Bonchev–Trinajstić information content (AvgIpc) is 2.74. The zero-order chi connectivity index (χ0) is 9.97. The molecule has 2 aromatic rings. The van der Waals surface area contributed by atoms with Gasteiger partial charge in [0.1, 0.15) is 12.0 Å². The normalized spacial score (nSPS) is 10.7. The Kier molecular flexibility index (Phi) is 2.32. The Hall–Kier alpha value is -1.62. The highest BCUT2D eigenvalue weighted by Gasteiger charge is 2.11. The van der Waals surface area contributed by atoms with Crippen molar-refractivity contribution < 1.29 is 4.42 Å². The summed E-state index contributed by atoms with van der Waals surface area (Å²) in [7, 11) is 0. The third-order valence-electron chi connectivity index (χ3n) is 1.96. The number of nitrogens with zero attached hydrogens (tertiary/aromatic N) is 2. The van der Waals surface area contributed by atoms with E-state index in [0.29, 0.717) is 12.4 Å². The van der Waals surface area contributed by atoms with Crippen molar-refractivity contribution in [2.24, 2.45) is 5.73 Å². The summed E-state index contributed by atoms with van der Waals surface area (Å²) in [6.45, 7) is 2.47. The van der Waals surface area contributed by atoms with Crippen molar-refractivity contribution in [3.63, 3.8) is 0 Å². The Morgan fingerprint density at radius 1 is 1.57 bits per heavy atom.